The fourth-order valence-electron chi connectivity index (χ4n) is 6.00. The van der Waals surface area contributed by atoms with Gasteiger partial charge in [0.1, 0.15) is 18.3 Å². The van der Waals surface area contributed by atoms with Crippen LogP contribution in [0, 0.1) is 30.3 Å². The molecule has 23 heteroatoms. The molecule has 0 radical (unpaired) electrons. The lowest BCUT2D eigenvalue weighted by atomic mass is 9.97. The molecule has 308 valence electrons. The molecule has 3 aromatic carbocycles. The summed E-state index contributed by atoms with van der Waals surface area (Å²) in [5.41, 5.74) is -1.42. The van der Waals surface area contributed by atoms with Crippen molar-refractivity contribution in [1.29, 1.82) is 0 Å². The predicted molar refractivity (Wildman–Crippen MR) is 184 cm³/mol. The lowest BCUT2D eigenvalue weighted by Crippen LogP contribution is -2.60. The number of nitro benzene ring substituents is 3. The maximum Gasteiger partial charge on any atom is 0.471 e. The summed E-state index contributed by atoms with van der Waals surface area (Å²) in [5.74, 6) is -5.49. The summed E-state index contributed by atoms with van der Waals surface area (Å²) < 4.78 is 74.7. The molecular formula is C35H31F3N4O16. The predicted octanol–water partition coefficient (Wildman–Crippen LogP) is 4.72. The molecule has 0 spiro atoms. The molecule has 0 bridgehead atoms. The van der Waals surface area contributed by atoms with Crippen molar-refractivity contribution in [3.8, 4) is 0 Å². The van der Waals surface area contributed by atoms with E-state index in [1.165, 1.54) is 13.8 Å². The third-order valence-corrected chi connectivity index (χ3v) is 8.86. The van der Waals surface area contributed by atoms with Crippen LogP contribution < -0.4 is 5.32 Å². The first-order chi connectivity index (χ1) is 27.3. The van der Waals surface area contributed by atoms with E-state index < -0.39 is 107 Å². The van der Waals surface area contributed by atoms with E-state index >= 15 is 0 Å². The van der Waals surface area contributed by atoms with Crippen molar-refractivity contribution >= 4 is 40.9 Å². The third-order valence-electron chi connectivity index (χ3n) is 8.86. The first-order valence-corrected chi connectivity index (χ1v) is 17.0. The minimum Gasteiger partial charge on any atom is -0.456 e. The number of halogens is 3. The summed E-state index contributed by atoms with van der Waals surface area (Å²) in [6, 6.07) is 11.2. The molecule has 1 amide bonds. The number of hydrogen-bond donors (Lipinski definition) is 1. The molecule has 2 heterocycles. The number of carbonyl (C=O) groups excluding carboxylic acids is 4. The second-order valence-electron chi connectivity index (χ2n) is 12.8. The Balaban J connectivity index is 1.37. The molecule has 1 N–H and O–H groups in total. The highest BCUT2D eigenvalue weighted by molar-refractivity contribution is 5.91. The van der Waals surface area contributed by atoms with Gasteiger partial charge in [0.15, 0.2) is 6.29 Å². The highest BCUT2D eigenvalue weighted by Crippen LogP contribution is 2.33. The molecule has 2 aliphatic rings. The van der Waals surface area contributed by atoms with Crippen molar-refractivity contribution in [2.75, 3.05) is 0 Å². The van der Waals surface area contributed by atoms with Gasteiger partial charge in [-0.2, -0.15) is 13.2 Å². The number of benzene rings is 3. The second kappa shape index (κ2) is 17.7. The van der Waals surface area contributed by atoms with Gasteiger partial charge in [0, 0.05) is 42.8 Å². The largest absolute Gasteiger partial charge is 0.471 e. The summed E-state index contributed by atoms with van der Waals surface area (Å²) >= 11 is 0. The summed E-state index contributed by atoms with van der Waals surface area (Å²) in [6.07, 6.45) is -16.0. The molecule has 2 saturated heterocycles. The number of nitro groups is 3. The van der Waals surface area contributed by atoms with Crippen LogP contribution in [0.2, 0.25) is 0 Å². The molecule has 3 aromatic rings. The number of ether oxygens (including phenoxy) is 6. The molecule has 20 nitrogen and oxygen atoms in total. The van der Waals surface area contributed by atoms with E-state index in [4.69, 9.17) is 28.4 Å². The summed E-state index contributed by atoms with van der Waals surface area (Å²) in [4.78, 5) is 82.4. The van der Waals surface area contributed by atoms with Crippen molar-refractivity contribution in [2.24, 2.45) is 0 Å². The first kappa shape index (κ1) is 42.6. The Bertz CT molecular complexity index is 2050. The number of esters is 3. The zero-order chi connectivity index (χ0) is 42.5. The maximum absolute atomic E-state index is 13.4. The number of non-ortho nitro benzene ring substituents is 3. The highest BCUT2D eigenvalue weighted by Gasteiger charge is 2.49. The molecular weight excluding hydrogens is 789 g/mol. The molecule has 0 saturated carbocycles. The summed E-state index contributed by atoms with van der Waals surface area (Å²) in [7, 11) is 0. The van der Waals surface area contributed by atoms with E-state index in [0.717, 1.165) is 72.8 Å². The van der Waals surface area contributed by atoms with E-state index in [1.54, 1.807) is 5.32 Å². The van der Waals surface area contributed by atoms with E-state index in [2.05, 4.69) is 0 Å². The van der Waals surface area contributed by atoms with Crippen molar-refractivity contribution in [2.45, 2.75) is 82.0 Å². The molecule has 0 aliphatic carbocycles. The monoisotopic (exact) mass is 820 g/mol. The van der Waals surface area contributed by atoms with Gasteiger partial charge in [0.2, 0.25) is 6.29 Å². The highest BCUT2D eigenvalue weighted by atomic mass is 19.4. The normalized spacial score (nSPS) is 24.4. The van der Waals surface area contributed by atoms with E-state index in [1.807, 2.05) is 0 Å². The summed E-state index contributed by atoms with van der Waals surface area (Å²) in [5, 5.41) is 34.9. The standard InChI is InChI=1S/C35H31F3N4O16/c1-17-29(58-33(45)21-7-13-24(14-8-21)42(51)52)25(39-34(46)35(36,37)38)15-27(53-17)56-30-18(2)54-28(57-32(44)20-5-11-23(12-6-20)41(49)50)16-26(30)55-31(43)19-3-9-22(10-4-19)40(47)48/h3-14,17-18,25-30H,15-16H2,1-2H3,(H,39,46)/t17-,18-,25-,26-,27-,28?,29+,30+/m0/s1. The van der Waals surface area contributed by atoms with Crippen LogP contribution in [0.3, 0.4) is 0 Å². The number of rotatable bonds is 12. The van der Waals surface area contributed by atoms with Gasteiger partial charge in [0.25, 0.3) is 17.1 Å². The van der Waals surface area contributed by atoms with Gasteiger partial charge < -0.3 is 33.7 Å². The Morgan fingerprint density at radius 1 is 0.621 bits per heavy atom. The van der Waals surface area contributed by atoms with Gasteiger partial charge in [-0.15, -0.1) is 0 Å². The van der Waals surface area contributed by atoms with Crippen LogP contribution in [0.25, 0.3) is 0 Å². The molecule has 58 heavy (non-hydrogen) atoms. The molecule has 2 fully saturated rings. The molecule has 8 atom stereocenters. The molecule has 1 unspecified atom stereocenters. The Kier molecular flexibility index (Phi) is 13.0. The van der Waals surface area contributed by atoms with E-state index in [0.29, 0.717) is 0 Å². The lowest BCUT2D eigenvalue weighted by molar-refractivity contribution is -0.385. The van der Waals surface area contributed by atoms with Crippen LogP contribution >= 0.6 is 0 Å². The molecule has 2 aliphatic heterocycles. The van der Waals surface area contributed by atoms with Gasteiger partial charge in [-0.3, -0.25) is 35.1 Å². The topological polar surface area (TPSA) is 265 Å². The number of carbonyl (C=O) groups is 4. The number of alkyl halides is 3. The quantitative estimate of drug-likeness (QED) is 0.112. The van der Waals surface area contributed by atoms with E-state index in [-0.39, 0.29) is 33.8 Å². The fourth-order valence-corrected chi connectivity index (χ4v) is 6.00. The minimum absolute atomic E-state index is 0.0972. The van der Waals surface area contributed by atoms with Crippen molar-refractivity contribution in [3.05, 3.63) is 120 Å². The SMILES string of the molecule is C[C@@H]1OC(OC(=O)c2ccc([N+](=O)[O-])cc2)C[C@H](OC(=O)c2ccc([N+](=O)[O-])cc2)[C@@H]1O[C@H]1C[C@H](NC(=O)C(F)(F)F)[C@H](OC(=O)c2ccc([N+](=O)[O-])cc2)[C@H](C)O1. The fraction of sp³-hybridized carbons (Fsp3) is 0.371. The first-order valence-electron chi connectivity index (χ1n) is 17.0. The average Bonchev–Trinajstić information content (AvgIpc) is 3.17. The smallest absolute Gasteiger partial charge is 0.456 e. The number of amides is 1. The average molecular weight is 821 g/mol. The Labute approximate surface area is 323 Å². The third kappa shape index (κ3) is 10.4. The molecule has 0 aromatic heterocycles. The Hall–Kier alpha value is -6.59. The zero-order valence-corrected chi connectivity index (χ0v) is 30.0. The minimum atomic E-state index is -5.37. The number of hydrogen-bond acceptors (Lipinski definition) is 16. The molecule has 5 rings (SSSR count). The van der Waals surface area contributed by atoms with Crippen LogP contribution in [0.15, 0.2) is 72.8 Å². The van der Waals surface area contributed by atoms with Crippen molar-refractivity contribution in [1.82, 2.24) is 5.32 Å². The Morgan fingerprint density at radius 3 is 1.45 bits per heavy atom. The van der Waals surface area contributed by atoms with Crippen molar-refractivity contribution in [3.63, 3.8) is 0 Å². The van der Waals surface area contributed by atoms with Gasteiger partial charge in [-0.05, 0) is 50.2 Å². The van der Waals surface area contributed by atoms with Crippen molar-refractivity contribution < 1.29 is 75.5 Å². The van der Waals surface area contributed by atoms with Gasteiger partial charge in [-0.25, -0.2) is 14.4 Å². The number of nitrogens with zero attached hydrogens (tertiary/aromatic N) is 3. The Morgan fingerprint density at radius 2 is 1.02 bits per heavy atom. The van der Waals surface area contributed by atoms with Crippen LogP contribution in [0.5, 0.6) is 0 Å². The van der Waals surface area contributed by atoms with Gasteiger partial charge in [-0.1, -0.05) is 0 Å². The van der Waals surface area contributed by atoms with E-state index in [9.17, 15) is 62.7 Å². The second-order valence-corrected chi connectivity index (χ2v) is 12.8. The van der Waals surface area contributed by atoms with Crippen LogP contribution in [-0.2, 0) is 33.2 Å². The van der Waals surface area contributed by atoms with Crippen LogP contribution in [-0.4, -0.2) is 93.9 Å². The van der Waals surface area contributed by atoms with Gasteiger partial charge >= 0.3 is 30.0 Å². The van der Waals surface area contributed by atoms with Gasteiger partial charge in [0.05, 0.1) is 56.1 Å². The van der Waals surface area contributed by atoms with Crippen LogP contribution in [0.1, 0.15) is 57.8 Å². The zero-order valence-electron chi connectivity index (χ0n) is 30.0. The van der Waals surface area contributed by atoms with Crippen LogP contribution in [0.4, 0.5) is 30.2 Å². The lowest BCUT2D eigenvalue weighted by Gasteiger charge is -2.44. The summed E-state index contributed by atoms with van der Waals surface area (Å²) in [6.45, 7) is 2.71. The maximum atomic E-state index is 13.4. The number of nitrogens with one attached hydrogen (secondary N) is 1.